The number of hydrogen-bond donors (Lipinski definition) is 0. The number of hydrogen-bond acceptors (Lipinski definition) is 2. The largest absolute Gasteiger partial charge is 0.377 e. The van der Waals surface area contributed by atoms with Crippen LogP contribution in [-0.2, 0) is 10.2 Å². The first-order valence-electron chi connectivity index (χ1n) is 5.49. The summed E-state index contributed by atoms with van der Waals surface area (Å²) in [5.74, 6) is 0.0334. The molecule has 88 valence electrons. The minimum atomic E-state index is 0.0334. The van der Waals surface area contributed by atoms with Crippen molar-refractivity contribution in [1.29, 1.82) is 0 Å². The van der Waals surface area contributed by atoms with E-state index in [1.54, 1.807) is 0 Å². The molecule has 2 heteroatoms. The monoisotopic (exact) mass is 220 g/mol. The van der Waals surface area contributed by atoms with Gasteiger partial charge in [0, 0.05) is 12.7 Å². The van der Waals surface area contributed by atoms with E-state index in [1.165, 1.54) is 12.7 Å². The van der Waals surface area contributed by atoms with Crippen LogP contribution in [0.4, 0.5) is 0 Å². The summed E-state index contributed by atoms with van der Waals surface area (Å²) < 4.78 is 4.85. The zero-order valence-corrected chi connectivity index (χ0v) is 10.8. The van der Waals surface area contributed by atoms with Crippen molar-refractivity contribution in [2.75, 3.05) is 13.7 Å². The zero-order valence-electron chi connectivity index (χ0n) is 10.8. The molecule has 0 amide bonds. The Kier molecular flexibility index (Phi) is 3.87. The van der Waals surface area contributed by atoms with Crippen molar-refractivity contribution in [3.63, 3.8) is 0 Å². The molecule has 0 saturated heterocycles. The highest BCUT2D eigenvalue weighted by Gasteiger charge is 2.17. The van der Waals surface area contributed by atoms with E-state index >= 15 is 0 Å². The maximum Gasteiger partial charge on any atom is 0.188 e. The average molecular weight is 220 g/mol. The first-order chi connectivity index (χ1) is 7.36. The van der Waals surface area contributed by atoms with E-state index in [-0.39, 0.29) is 17.8 Å². The number of ether oxygens (including phenoxy) is 1. The molecule has 0 heterocycles. The molecule has 1 aromatic carbocycles. The van der Waals surface area contributed by atoms with Gasteiger partial charge in [-0.1, -0.05) is 32.9 Å². The van der Waals surface area contributed by atoms with E-state index in [1.807, 2.05) is 25.1 Å². The van der Waals surface area contributed by atoms with Crippen LogP contribution < -0.4 is 0 Å². The van der Waals surface area contributed by atoms with Crippen LogP contribution in [0, 0.1) is 6.92 Å². The van der Waals surface area contributed by atoms with Crippen LogP contribution in [0.25, 0.3) is 0 Å². The van der Waals surface area contributed by atoms with Gasteiger partial charge in [0.1, 0.15) is 6.61 Å². The second-order valence-corrected chi connectivity index (χ2v) is 5.14. The van der Waals surface area contributed by atoms with E-state index in [2.05, 4.69) is 20.8 Å². The molecule has 0 aliphatic carbocycles. The van der Waals surface area contributed by atoms with Gasteiger partial charge in [-0.25, -0.2) is 0 Å². The van der Waals surface area contributed by atoms with Gasteiger partial charge in [0.2, 0.25) is 0 Å². The second-order valence-electron chi connectivity index (χ2n) is 5.14. The predicted octanol–water partition coefficient (Wildman–Crippen LogP) is 3.12. The van der Waals surface area contributed by atoms with E-state index in [4.69, 9.17) is 4.74 Å². The molecule has 0 saturated carbocycles. The van der Waals surface area contributed by atoms with Crippen LogP contribution in [0.1, 0.15) is 42.3 Å². The summed E-state index contributed by atoms with van der Waals surface area (Å²) >= 11 is 0. The summed E-state index contributed by atoms with van der Waals surface area (Å²) in [4.78, 5) is 11.6. The van der Waals surface area contributed by atoms with Gasteiger partial charge < -0.3 is 4.74 Å². The zero-order chi connectivity index (χ0) is 12.3. The maximum atomic E-state index is 11.6. The number of carbonyl (C=O) groups is 1. The molecular formula is C14H20O2. The molecule has 0 aliphatic heterocycles. The Labute approximate surface area is 97.6 Å². The fourth-order valence-corrected chi connectivity index (χ4v) is 1.89. The minimum absolute atomic E-state index is 0.0334. The van der Waals surface area contributed by atoms with Crippen molar-refractivity contribution in [2.24, 2.45) is 0 Å². The fourth-order valence-electron chi connectivity index (χ4n) is 1.89. The molecule has 16 heavy (non-hydrogen) atoms. The van der Waals surface area contributed by atoms with Gasteiger partial charge in [0.15, 0.2) is 5.78 Å². The fraction of sp³-hybridized carbons (Fsp3) is 0.500. The number of aryl methyl sites for hydroxylation is 1. The lowest BCUT2D eigenvalue weighted by atomic mass is 9.83. The Hall–Kier alpha value is -1.15. The van der Waals surface area contributed by atoms with Crippen molar-refractivity contribution in [2.45, 2.75) is 33.1 Å². The normalized spacial score (nSPS) is 11.6. The van der Waals surface area contributed by atoms with Crippen molar-refractivity contribution in [1.82, 2.24) is 0 Å². The first-order valence-corrected chi connectivity index (χ1v) is 5.49. The Morgan fingerprint density at radius 2 is 1.94 bits per heavy atom. The van der Waals surface area contributed by atoms with Gasteiger partial charge in [-0.05, 0) is 29.5 Å². The predicted molar refractivity (Wildman–Crippen MR) is 66.1 cm³/mol. The SMILES string of the molecule is COCC(=O)c1ccc(C(C)(C)C)c(C)c1. The average Bonchev–Trinajstić information content (AvgIpc) is 2.16. The number of ketones is 1. The van der Waals surface area contributed by atoms with Crippen LogP contribution in [-0.4, -0.2) is 19.5 Å². The molecule has 0 unspecified atom stereocenters. The summed E-state index contributed by atoms with van der Waals surface area (Å²) in [5.41, 5.74) is 3.29. The highest BCUT2D eigenvalue weighted by atomic mass is 16.5. The van der Waals surface area contributed by atoms with Gasteiger partial charge in [-0.15, -0.1) is 0 Å². The Morgan fingerprint density at radius 1 is 1.31 bits per heavy atom. The first kappa shape index (κ1) is 12.9. The lowest BCUT2D eigenvalue weighted by Crippen LogP contribution is -2.14. The molecule has 0 aliphatic rings. The molecule has 2 nitrogen and oxygen atoms in total. The molecule has 0 N–H and O–H groups in total. The van der Waals surface area contributed by atoms with Crippen LogP contribution >= 0.6 is 0 Å². The topological polar surface area (TPSA) is 26.3 Å². The molecule has 0 bridgehead atoms. The van der Waals surface area contributed by atoms with Crippen molar-refractivity contribution in [3.05, 3.63) is 34.9 Å². The lowest BCUT2D eigenvalue weighted by molar-refractivity contribution is 0.0848. The highest BCUT2D eigenvalue weighted by molar-refractivity contribution is 5.97. The number of methoxy groups -OCH3 is 1. The third-order valence-electron chi connectivity index (χ3n) is 2.63. The van der Waals surface area contributed by atoms with Crippen LogP contribution in [0.15, 0.2) is 18.2 Å². The molecule has 0 atom stereocenters. The molecular weight excluding hydrogens is 200 g/mol. The molecule has 0 radical (unpaired) electrons. The molecule has 1 rings (SSSR count). The van der Waals surface area contributed by atoms with Crippen molar-refractivity contribution >= 4 is 5.78 Å². The summed E-state index contributed by atoms with van der Waals surface area (Å²) in [7, 11) is 1.54. The van der Waals surface area contributed by atoms with Crippen LogP contribution in [0.3, 0.4) is 0 Å². The van der Waals surface area contributed by atoms with E-state index < -0.39 is 0 Å². The highest BCUT2D eigenvalue weighted by Crippen LogP contribution is 2.26. The van der Waals surface area contributed by atoms with Gasteiger partial charge in [0.05, 0.1) is 0 Å². The van der Waals surface area contributed by atoms with Gasteiger partial charge in [-0.2, -0.15) is 0 Å². The Morgan fingerprint density at radius 3 is 2.38 bits per heavy atom. The van der Waals surface area contributed by atoms with E-state index in [0.717, 1.165) is 11.1 Å². The third kappa shape index (κ3) is 2.92. The number of benzene rings is 1. The number of Topliss-reactive ketones (excluding diaryl/α,β-unsaturated/α-hetero) is 1. The molecule has 0 aromatic heterocycles. The van der Waals surface area contributed by atoms with Crippen molar-refractivity contribution in [3.8, 4) is 0 Å². The summed E-state index contributed by atoms with van der Waals surface area (Å²) in [6.45, 7) is 8.71. The molecule has 0 fully saturated rings. The van der Waals surface area contributed by atoms with Gasteiger partial charge >= 0.3 is 0 Å². The van der Waals surface area contributed by atoms with Gasteiger partial charge in [0.25, 0.3) is 0 Å². The quantitative estimate of drug-likeness (QED) is 0.731. The van der Waals surface area contributed by atoms with E-state index in [0.29, 0.717) is 0 Å². The van der Waals surface area contributed by atoms with Crippen molar-refractivity contribution < 1.29 is 9.53 Å². The second kappa shape index (κ2) is 4.79. The number of carbonyl (C=O) groups excluding carboxylic acids is 1. The smallest absolute Gasteiger partial charge is 0.188 e. The molecule has 0 spiro atoms. The maximum absolute atomic E-state index is 11.6. The summed E-state index contributed by atoms with van der Waals surface area (Å²) in [5, 5.41) is 0. The van der Waals surface area contributed by atoms with Crippen LogP contribution in [0.2, 0.25) is 0 Å². The molecule has 1 aromatic rings. The Bertz CT molecular complexity index is 386. The summed E-state index contributed by atoms with van der Waals surface area (Å²) in [6.07, 6.45) is 0. The Balaban J connectivity index is 3.05. The minimum Gasteiger partial charge on any atom is -0.377 e. The standard InChI is InChI=1S/C14H20O2/c1-10-8-11(13(15)9-16-5)6-7-12(10)14(2,3)4/h6-8H,9H2,1-5H3. The third-order valence-corrected chi connectivity index (χ3v) is 2.63. The van der Waals surface area contributed by atoms with Gasteiger partial charge in [-0.3, -0.25) is 4.79 Å². The summed E-state index contributed by atoms with van der Waals surface area (Å²) in [6, 6.07) is 5.87. The number of rotatable bonds is 3. The van der Waals surface area contributed by atoms with E-state index in [9.17, 15) is 4.79 Å². The lowest BCUT2D eigenvalue weighted by Gasteiger charge is -2.22. The van der Waals surface area contributed by atoms with Crippen LogP contribution in [0.5, 0.6) is 0 Å².